The smallest absolute Gasteiger partial charge is 0.123 e. The number of hydrogen-bond donors (Lipinski definition) is 1. The predicted octanol–water partition coefficient (Wildman–Crippen LogP) is 2.14. The van der Waals surface area contributed by atoms with Gasteiger partial charge >= 0.3 is 0 Å². The third kappa shape index (κ3) is 5.30. The summed E-state index contributed by atoms with van der Waals surface area (Å²) in [6, 6.07) is 8.29. The van der Waals surface area contributed by atoms with Gasteiger partial charge in [-0.25, -0.2) is 0 Å². The molecule has 0 saturated carbocycles. The molecule has 1 N–H and O–H groups in total. The third-order valence-corrected chi connectivity index (χ3v) is 3.98. The van der Waals surface area contributed by atoms with E-state index in [1.54, 1.807) is 7.11 Å². The lowest BCUT2D eigenvalue weighted by Gasteiger charge is -2.17. The number of rotatable bonds is 9. The summed E-state index contributed by atoms with van der Waals surface area (Å²) in [5.41, 5.74) is 1.23. The van der Waals surface area contributed by atoms with Gasteiger partial charge in [0.05, 0.1) is 6.61 Å². The Bertz CT molecular complexity index is 412. The molecule has 1 saturated heterocycles. The number of likely N-dealkylation sites (tertiary alicyclic amines) is 1. The fourth-order valence-electron chi connectivity index (χ4n) is 2.82. The fourth-order valence-corrected chi connectivity index (χ4v) is 2.82. The molecule has 0 aromatic heterocycles. The van der Waals surface area contributed by atoms with E-state index in [1.807, 2.05) is 6.07 Å². The second-order valence-corrected chi connectivity index (χ2v) is 5.65. The highest BCUT2D eigenvalue weighted by Crippen LogP contribution is 2.19. The molecule has 21 heavy (non-hydrogen) atoms. The normalized spacial score (nSPS) is 19.0. The van der Waals surface area contributed by atoms with Gasteiger partial charge in [-0.1, -0.05) is 25.1 Å². The van der Waals surface area contributed by atoms with Gasteiger partial charge in [-0.15, -0.1) is 0 Å². The Labute approximate surface area is 128 Å². The highest BCUT2D eigenvalue weighted by atomic mass is 16.5. The molecule has 1 heterocycles. The third-order valence-electron chi connectivity index (χ3n) is 3.98. The van der Waals surface area contributed by atoms with Crippen molar-refractivity contribution in [1.82, 2.24) is 10.2 Å². The van der Waals surface area contributed by atoms with Gasteiger partial charge in [0.15, 0.2) is 0 Å². The standard InChI is InChI=1S/C17H28N2O2/c1-3-18-12-16-6-4-5-7-17(16)21-11-10-19-9-8-15(13-19)14-20-2/h4-7,15,18H,3,8-14H2,1-2H3. The number of hydrogen-bond acceptors (Lipinski definition) is 4. The highest BCUT2D eigenvalue weighted by molar-refractivity contribution is 5.33. The quantitative estimate of drug-likeness (QED) is 0.756. The molecule has 0 spiro atoms. The molecule has 1 aliphatic heterocycles. The number of benzene rings is 1. The lowest BCUT2D eigenvalue weighted by Crippen LogP contribution is -2.27. The highest BCUT2D eigenvalue weighted by Gasteiger charge is 2.21. The first-order valence-corrected chi connectivity index (χ1v) is 7.96. The Balaban J connectivity index is 1.73. The van der Waals surface area contributed by atoms with Crippen LogP contribution in [0, 0.1) is 5.92 Å². The van der Waals surface area contributed by atoms with Crippen molar-refractivity contribution in [2.24, 2.45) is 5.92 Å². The molecule has 4 nitrogen and oxygen atoms in total. The van der Waals surface area contributed by atoms with E-state index in [0.717, 1.165) is 51.7 Å². The van der Waals surface area contributed by atoms with E-state index in [9.17, 15) is 0 Å². The molecule has 1 aromatic rings. The van der Waals surface area contributed by atoms with E-state index in [1.165, 1.54) is 12.0 Å². The fraction of sp³-hybridized carbons (Fsp3) is 0.647. The van der Waals surface area contributed by atoms with Gasteiger partial charge in [0.2, 0.25) is 0 Å². The second kappa shape index (κ2) is 9.03. The average molecular weight is 292 g/mol. The first-order chi connectivity index (χ1) is 10.3. The van der Waals surface area contributed by atoms with Crippen LogP contribution in [-0.2, 0) is 11.3 Å². The predicted molar refractivity (Wildman–Crippen MR) is 85.7 cm³/mol. The molecule has 2 rings (SSSR count). The van der Waals surface area contributed by atoms with Crippen LogP contribution in [0.5, 0.6) is 5.75 Å². The van der Waals surface area contributed by atoms with E-state index >= 15 is 0 Å². The van der Waals surface area contributed by atoms with E-state index in [4.69, 9.17) is 9.47 Å². The summed E-state index contributed by atoms with van der Waals surface area (Å²) in [6.07, 6.45) is 1.24. The molecule has 1 fully saturated rings. The zero-order valence-electron chi connectivity index (χ0n) is 13.3. The van der Waals surface area contributed by atoms with Crippen molar-refractivity contribution in [3.8, 4) is 5.75 Å². The first-order valence-electron chi connectivity index (χ1n) is 7.96. The summed E-state index contributed by atoms with van der Waals surface area (Å²) < 4.78 is 11.2. The Kier molecular flexibility index (Phi) is 7.00. The van der Waals surface area contributed by atoms with Crippen molar-refractivity contribution in [3.05, 3.63) is 29.8 Å². The van der Waals surface area contributed by atoms with Gasteiger partial charge in [0.1, 0.15) is 12.4 Å². The largest absolute Gasteiger partial charge is 0.492 e. The van der Waals surface area contributed by atoms with Crippen LogP contribution in [0.15, 0.2) is 24.3 Å². The van der Waals surface area contributed by atoms with Crippen LogP contribution in [0.2, 0.25) is 0 Å². The number of nitrogens with one attached hydrogen (secondary N) is 1. The van der Waals surface area contributed by atoms with E-state index in [-0.39, 0.29) is 0 Å². The maximum atomic E-state index is 5.98. The zero-order chi connectivity index (χ0) is 14.9. The van der Waals surface area contributed by atoms with E-state index < -0.39 is 0 Å². The lowest BCUT2D eigenvalue weighted by molar-refractivity contribution is 0.150. The summed E-state index contributed by atoms with van der Waals surface area (Å²) in [6.45, 7) is 8.89. The second-order valence-electron chi connectivity index (χ2n) is 5.65. The van der Waals surface area contributed by atoms with Gasteiger partial charge < -0.3 is 14.8 Å². The minimum absolute atomic E-state index is 0.691. The van der Waals surface area contributed by atoms with Gasteiger partial charge in [0, 0.05) is 32.3 Å². The summed E-state index contributed by atoms with van der Waals surface area (Å²) in [5.74, 6) is 1.70. The molecule has 0 bridgehead atoms. The summed E-state index contributed by atoms with van der Waals surface area (Å²) in [7, 11) is 1.78. The molecule has 0 aliphatic carbocycles. The Morgan fingerprint density at radius 1 is 1.33 bits per heavy atom. The zero-order valence-corrected chi connectivity index (χ0v) is 13.3. The monoisotopic (exact) mass is 292 g/mol. The Morgan fingerprint density at radius 3 is 3.00 bits per heavy atom. The maximum Gasteiger partial charge on any atom is 0.123 e. The lowest BCUT2D eigenvalue weighted by atomic mass is 10.1. The minimum atomic E-state index is 0.691. The number of para-hydroxylation sites is 1. The average Bonchev–Trinajstić information content (AvgIpc) is 2.94. The molecule has 4 heteroatoms. The summed E-state index contributed by atoms with van der Waals surface area (Å²) >= 11 is 0. The number of nitrogens with zero attached hydrogens (tertiary/aromatic N) is 1. The van der Waals surface area contributed by atoms with Gasteiger partial charge in [-0.05, 0) is 31.5 Å². The van der Waals surface area contributed by atoms with Crippen LogP contribution < -0.4 is 10.1 Å². The Hall–Kier alpha value is -1.10. The molecule has 1 aromatic carbocycles. The summed E-state index contributed by atoms with van der Waals surface area (Å²) in [4.78, 5) is 2.47. The van der Waals surface area contributed by atoms with E-state index in [0.29, 0.717) is 5.92 Å². The molecule has 1 unspecified atom stereocenters. The molecule has 1 aliphatic rings. The van der Waals surface area contributed by atoms with Crippen molar-refractivity contribution < 1.29 is 9.47 Å². The molecular formula is C17H28N2O2. The maximum absolute atomic E-state index is 5.98. The molecule has 1 atom stereocenters. The van der Waals surface area contributed by atoms with Crippen molar-refractivity contribution in [2.75, 3.05) is 46.5 Å². The Morgan fingerprint density at radius 2 is 2.19 bits per heavy atom. The van der Waals surface area contributed by atoms with Crippen molar-refractivity contribution in [2.45, 2.75) is 19.9 Å². The van der Waals surface area contributed by atoms with Crippen LogP contribution in [0.3, 0.4) is 0 Å². The molecule has 118 valence electrons. The van der Waals surface area contributed by atoms with Crippen LogP contribution in [0.1, 0.15) is 18.9 Å². The summed E-state index contributed by atoms with van der Waals surface area (Å²) in [5, 5.41) is 3.35. The van der Waals surface area contributed by atoms with Gasteiger partial charge in [0.25, 0.3) is 0 Å². The molecule has 0 radical (unpaired) electrons. The van der Waals surface area contributed by atoms with Gasteiger partial charge in [-0.3, -0.25) is 4.90 Å². The number of ether oxygens (including phenoxy) is 2. The minimum Gasteiger partial charge on any atom is -0.492 e. The van der Waals surface area contributed by atoms with Crippen LogP contribution in [-0.4, -0.2) is 51.4 Å². The number of methoxy groups -OCH3 is 1. The molecule has 0 amide bonds. The van der Waals surface area contributed by atoms with Crippen LogP contribution in [0.25, 0.3) is 0 Å². The van der Waals surface area contributed by atoms with Crippen molar-refractivity contribution in [1.29, 1.82) is 0 Å². The van der Waals surface area contributed by atoms with Crippen LogP contribution in [0.4, 0.5) is 0 Å². The van der Waals surface area contributed by atoms with Crippen LogP contribution >= 0.6 is 0 Å². The molecular weight excluding hydrogens is 264 g/mol. The van der Waals surface area contributed by atoms with E-state index in [2.05, 4.69) is 35.3 Å². The SMILES string of the molecule is CCNCc1ccccc1OCCN1CCC(COC)C1. The van der Waals surface area contributed by atoms with Gasteiger partial charge in [-0.2, -0.15) is 0 Å². The van der Waals surface area contributed by atoms with Crippen molar-refractivity contribution >= 4 is 0 Å². The topological polar surface area (TPSA) is 33.7 Å². The first kappa shape index (κ1) is 16.3. The van der Waals surface area contributed by atoms with Crippen molar-refractivity contribution in [3.63, 3.8) is 0 Å².